The molecule has 0 aromatic rings. The summed E-state index contributed by atoms with van der Waals surface area (Å²) in [5.74, 6) is -0.843. The van der Waals surface area contributed by atoms with Crippen LogP contribution >= 0.6 is 7.82 Å². The predicted octanol–water partition coefficient (Wildman–Crippen LogP) is 12.1. The van der Waals surface area contributed by atoms with Gasteiger partial charge in [0.1, 0.15) is 19.8 Å². The Hall–Kier alpha value is -1.51. The lowest BCUT2D eigenvalue weighted by molar-refractivity contribution is -0.870. The van der Waals surface area contributed by atoms with Crippen LogP contribution < -0.4 is 4.89 Å². The molecule has 324 valence electrons. The molecular formula is C45H86NO8P. The average Bonchev–Trinajstić information content (AvgIpc) is 3.13. The first-order valence-electron chi connectivity index (χ1n) is 22.5. The number of allylic oxidation sites excluding steroid dienone is 4. The van der Waals surface area contributed by atoms with E-state index in [1.165, 1.54) is 109 Å². The first kappa shape index (κ1) is 53.5. The molecule has 0 saturated heterocycles. The summed E-state index contributed by atoms with van der Waals surface area (Å²) in [5.41, 5.74) is 0. The van der Waals surface area contributed by atoms with Gasteiger partial charge in [-0.15, -0.1) is 0 Å². The molecule has 0 aromatic carbocycles. The Morgan fingerprint density at radius 1 is 0.564 bits per heavy atom. The van der Waals surface area contributed by atoms with Crippen molar-refractivity contribution < 1.29 is 42.1 Å². The van der Waals surface area contributed by atoms with Crippen LogP contribution in [0, 0.1) is 0 Å². The fraction of sp³-hybridized carbons (Fsp3) is 0.867. The van der Waals surface area contributed by atoms with Crippen LogP contribution in [0.1, 0.15) is 200 Å². The smallest absolute Gasteiger partial charge is 0.306 e. The molecule has 1 unspecified atom stereocenters. The van der Waals surface area contributed by atoms with E-state index in [4.69, 9.17) is 18.5 Å². The van der Waals surface area contributed by atoms with Crippen molar-refractivity contribution in [2.45, 2.75) is 206 Å². The maximum Gasteiger partial charge on any atom is 0.306 e. The highest BCUT2D eigenvalue weighted by Gasteiger charge is 2.21. The van der Waals surface area contributed by atoms with Crippen LogP contribution in [0.15, 0.2) is 24.3 Å². The average molecular weight is 800 g/mol. The van der Waals surface area contributed by atoms with Crippen molar-refractivity contribution in [1.29, 1.82) is 0 Å². The van der Waals surface area contributed by atoms with E-state index in [0.29, 0.717) is 23.9 Å². The number of likely N-dealkylation sites (N-methyl/N-ethyl adjacent to an activating group) is 1. The van der Waals surface area contributed by atoms with Crippen molar-refractivity contribution in [2.75, 3.05) is 47.5 Å². The van der Waals surface area contributed by atoms with Gasteiger partial charge in [-0.3, -0.25) is 14.2 Å². The van der Waals surface area contributed by atoms with Crippen LogP contribution in [0.3, 0.4) is 0 Å². The van der Waals surface area contributed by atoms with Crippen LogP contribution in [-0.2, 0) is 32.7 Å². The van der Waals surface area contributed by atoms with Gasteiger partial charge in [0.25, 0.3) is 7.82 Å². The van der Waals surface area contributed by atoms with Crippen LogP contribution in [-0.4, -0.2) is 70.0 Å². The van der Waals surface area contributed by atoms with E-state index in [1.54, 1.807) is 0 Å². The molecule has 9 nitrogen and oxygen atoms in total. The van der Waals surface area contributed by atoms with Gasteiger partial charge in [0, 0.05) is 12.8 Å². The molecule has 55 heavy (non-hydrogen) atoms. The van der Waals surface area contributed by atoms with Crippen LogP contribution in [0.4, 0.5) is 0 Å². The Balaban J connectivity index is 4.35. The first-order valence-corrected chi connectivity index (χ1v) is 24.0. The number of carbonyl (C=O) groups is 2. The number of phosphoric acid groups is 1. The number of quaternary nitrogens is 1. The monoisotopic (exact) mass is 800 g/mol. The summed E-state index contributed by atoms with van der Waals surface area (Å²) in [4.78, 5) is 37.5. The fourth-order valence-corrected chi connectivity index (χ4v) is 6.88. The fourth-order valence-electron chi connectivity index (χ4n) is 6.16. The molecule has 0 aliphatic rings. The summed E-state index contributed by atoms with van der Waals surface area (Å²) < 4.78 is 33.9. The van der Waals surface area contributed by atoms with Gasteiger partial charge >= 0.3 is 11.9 Å². The Morgan fingerprint density at radius 3 is 1.47 bits per heavy atom. The Kier molecular flexibility index (Phi) is 37.0. The lowest BCUT2D eigenvalue weighted by Crippen LogP contribution is -2.37. The second-order valence-electron chi connectivity index (χ2n) is 16.4. The molecule has 0 amide bonds. The minimum Gasteiger partial charge on any atom is -0.756 e. The van der Waals surface area contributed by atoms with Gasteiger partial charge in [-0.25, -0.2) is 0 Å². The topological polar surface area (TPSA) is 111 Å². The number of esters is 2. The van der Waals surface area contributed by atoms with Gasteiger partial charge in [0.05, 0.1) is 27.7 Å². The van der Waals surface area contributed by atoms with Crippen molar-refractivity contribution in [1.82, 2.24) is 0 Å². The van der Waals surface area contributed by atoms with Crippen molar-refractivity contribution in [3.05, 3.63) is 24.3 Å². The summed E-state index contributed by atoms with van der Waals surface area (Å²) in [5, 5.41) is 0. The normalized spacial score (nSPS) is 13.8. The van der Waals surface area contributed by atoms with E-state index in [1.807, 2.05) is 21.1 Å². The highest BCUT2D eigenvalue weighted by Crippen LogP contribution is 2.38. The van der Waals surface area contributed by atoms with E-state index >= 15 is 0 Å². The number of rotatable bonds is 41. The van der Waals surface area contributed by atoms with Gasteiger partial charge in [-0.1, -0.05) is 167 Å². The summed E-state index contributed by atoms with van der Waals surface area (Å²) in [6.07, 6.45) is 40.5. The van der Waals surface area contributed by atoms with E-state index < -0.39 is 32.5 Å². The van der Waals surface area contributed by atoms with E-state index in [-0.39, 0.29) is 26.1 Å². The van der Waals surface area contributed by atoms with Crippen LogP contribution in [0.5, 0.6) is 0 Å². The zero-order chi connectivity index (χ0) is 40.7. The summed E-state index contributed by atoms with van der Waals surface area (Å²) in [6, 6.07) is 0. The van der Waals surface area contributed by atoms with Gasteiger partial charge in [-0.05, 0) is 44.9 Å². The van der Waals surface area contributed by atoms with Crippen molar-refractivity contribution in [2.24, 2.45) is 0 Å². The van der Waals surface area contributed by atoms with Crippen molar-refractivity contribution in [3.63, 3.8) is 0 Å². The standard InChI is InChI=1S/C45H86NO8P/c1-6-8-10-12-14-16-18-20-22-24-26-28-30-32-34-36-38-45(48)54-43(42-53-55(49,50)52-40-39-46(3,4)5)41-51-44(47)37-35-33-31-29-27-25-23-21-19-17-15-13-11-9-7-2/h15,17,21,23,43H,6-14,16,18-20,22,24-42H2,1-5H3/b17-15-,23-21-/t43-/m1/s1. The zero-order valence-electron chi connectivity index (χ0n) is 36.4. The molecule has 0 heterocycles. The molecule has 0 spiro atoms. The summed E-state index contributed by atoms with van der Waals surface area (Å²) in [7, 11) is 1.16. The third kappa shape index (κ3) is 41.9. The minimum atomic E-state index is -4.62. The molecule has 0 aliphatic carbocycles. The molecule has 0 rings (SSSR count). The Morgan fingerprint density at radius 2 is 0.982 bits per heavy atom. The third-order valence-electron chi connectivity index (χ3n) is 9.72. The zero-order valence-corrected chi connectivity index (χ0v) is 37.3. The highest BCUT2D eigenvalue weighted by molar-refractivity contribution is 7.45. The molecular weight excluding hydrogens is 713 g/mol. The number of hydrogen-bond donors (Lipinski definition) is 0. The predicted molar refractivity (Wildman–Crippen MR) is 227 cm³/mol. The molecule has 0 aliphatic heterocycles. The highest BCUT2D eigenvalue weighted by atomic mass is 31.2. The number of hydrogen-bond acceptors (Lipinski definition) is 8. The Labute approximate surface area is 339 Å². The van der Waals surface area contributed by atoms with Gasteiger partial charge < -0.3 is 27.9 Å². The van der Waals surface area contributed by atoms with Gasteiger partial charge in [0.15, 0.2) is 6.10 Å². The molecule has 0 aromatic heterocycles. The molecule has 0 N–H and O–H groups in total. The van der Waals surface area contributed by atoms with Gasteiger partial charge in [-0.2, -0.15) is 0 Å². The number of phosphoric ester groups is 1. The molecule has 2 atom stereocenters. The summed E-state index contributed by atoms with van der Waals surface area (Å²) in [6.45, 7) is 4.20. The van der Waals surface area contributed by atoms with E-state index in [0.717, 1.165) is 51.4 Å². The maximum atomic E-state index is 12.7. The van der Waals surface area contributed by atoms with E-state index in [9.17, 15) is 19.0 Å². The molecule has 0 bridgehead atoms. The van der Waals surface area contributed by atoms with E-state index in [2.05, 4.69) is 38.2 Å². The third-order valence-corrected chi connectivity index (χ3v) is 10.7. The molecule has 10 heteroatoms. The number of carbonyl (C=O) groups excluding carboxylic acids is 2. The van der Waals surface area contributed by atoms with Gasteiger partial charge in [0.2, 0.25) is 0 Å². The summed E-state index contributed by atoms with van der Waals surface area (Å²) >= 11 is 0. The van der Waals surface area contributed by atoms with Crippen molar-refractivity contribution >= 4 is 19.8 Å². The second-order valence-corrected chi connectivity index (χ2v) is 17.8. The lowest BCUT2D eigenvalue weighted by atomic mass is 10.0. The Bertz CT molecular complexity index is 996. The second kappa shape index (κ2) is 38.0. The quantitative estimate of drug-likeness (QED) is 0.0198. The molecule has 0 radical (unpaired) electrons. The lowest BCUT2D eigenvalue weighted by Gasteiger charge is -2.28. The number of ether oxygens (including phenoxy) is 2. The first-order chi connectivity index (χ1) is 26.5. The number of nitrogens with zero attached hydrogens (tertiary/aromatic N) is 1. The minimum absolute atomic E-state index is 0.0312. The van der Waals surface area contributed by atoms with Crippen LogP contribution in [0.2, 0.25) is 0 Å². The van der Waals surface area contributed by atoms with Crippen LogP contribution in [0.25, 0.3) is 0 Å². The largest absolute Gasteiger partial charge is 0.756 e. The molecule has 0 saturated carbocycles. The number of unbranched alkanes of at least 4 members (excludes halogenated alkanes) is 23. The molecule has 0 fully saturated rings. The van der Waals surface area contributed by atoms with Crippen molar-refractivity contribution in [3.8, 4) is 0 Å². The maximum absolute atomic E-state index is 12.7. The SMILES string of the molecule is CCCCC/C=C\C/C=C\CCCCCCCC(=O)OC[C@H](COP(=O)([O-])OCC[N+](C)(C)C)OC(=O)CCCCCCCCCCCCCCCCCC.